The molecule has 2 saturated carbocycles. The Bertz CT molecular complexity index is 341. The number of carbonyl (C=O) groups is 2. The topological polar surface area (TPSA) is 46.6 Å². The molecule has 19 heavy (non-hydrogen) atoms. The fraction of sp³-hybridized carbons (Fsp3) is 0.867. The van der Waals surface area contributed by atoms with Crippen molar-refractivity contribution in [2.24, 2.45) is 17.8 Å². The molecule has 2 atom stereocenters. The molecule has 2 unspecified atom stereocenters. The summed E-state index contributed by atoms with van der Waals surface area (Å²) in [6.07, 6.45) is 4.88. The molecule has 2 rings (SSSR count). The van der Waals surface area contributed by atoms with Gasteiger partial charge in [-0.2, -0.15) is 0 Å². The smallest absolute Gasteiger partial charge is 0.325 e. The third-order valence-corrected chi connectivity index (χ3v) is 4.45. The van der Waals surface area contributed by atoms with Crippen LogP contribution in [-0.4, -0.2) is 36.0 Å². The maximum absolute atomic E-state index is 12.6. The maximum atomic E-state index is 12.6. The van der Waals surface area contributed by atoms with E-state index in [1.54, 1.807) is 11.8 Å². The Kier molecular flexibility index (Phi) is 4.48. The molecule has 0 radical (unpaired) electrons. The van der Waals surface area contributed by atoms with E-state index in [9.17, 15) is 9.59 Å². The van der Waals surface area contributed by atoms with Gasteiger partial charge in [-0.05, 0) is 45.4 Å². The zero-order chi connectivity index (χ0) is 14.0. The van der Waals surface area contributed by atoms with E-state index in [-0.39, 0.29) is 30.4 Å². The van der Waals surface area contributed by atoms with Gasteiger partial charge in [-0.25, -0.2) is 0 Å². The number of esters is 1. The second-order valence-corrected chi connectivity index (χ2v) is 6.00. The minimum atomic E-state index is -0.298. The number of nitrogens with zero attached hydrogens (tertiary/aromatic N) is 1. The van der Waals surface area contributed by atoms with E-state index in [1.165, 1.54) is 25.7 Å². The molecule has 1 amide bonds. The molecule has 0 aromatic rings. The molecular weight excluding hydrogens is 242 g/mol. The third kappa shape index (κ3) is 3.10. The number of carbonyl (C=O) groups excluding carboxylic acids is 2. The van der Waals surface area contributed by atoms with Crippen LogP contribution in [0.1, 0.15) is 46.5 Å². The van der Waals surface area contributed by atoms with Gasteiger partial charge in [-0.3, -0.25) is 9.59 Å². The minimum absolute atomic E-state index is 0.0551. The summed E-state index contributed by atoms with van der Waals surface area (Å²) >= 11 is 0. The van der Waals surface area contributed by atoms with Crippen molar-refractivity contribution < 1.29 is 14.3 Å². The van der Waals surface area contributed by atoms with Crippen LogP contribution in [0.5, 0.6) is 0 Å². The average Bonchev–Trinajstić information content (AvgIpc) is 3.09. The van der Waals surface area contributed by atoms with Crippen LogP contribution in [0.4, 0.5) is 0 Å². The van der Waals surface area contributed by atoms with Crippen LogP contribution in [0.15, 0.2) is 0 Å². The zero-order valence-corrected chi connectivity index (χ0v) is 12.2. The lowest BCUT2D eigenvalue weighted by atomic mass is 10.0. The van der Waals surface area contributed by atoms with Crippen LogP contribution in [0.25, 0.3) is 0 Å². The number of fused-ring (bicyclic) bond motifs is 1. The van der Waals surface area contributed by atoms with E-state index >= 15 is 0 Å². The van der Waals surface area contributed by atoms with Crippen molar-refractivity contribution in [3.05, 3.63) is 0 Å². The number of rotatable bonds is 5. The van der Waals surface area contributed by atoms with Crippen LogP contribution in [0, 0.1) is 17.8 Å². The first-order chi connectivity index (χ1) is 9.06. The third-order valence-electron chi connectivity index (χ3n) is 4.45. The largest absolute Gasteiger partial charge is 0.465 e. The molecule has 0 N–H and O–H groups in total. The first-order valence-corrected chi connectivity index (χ1v) is 7.52. The van der Waals surface area contributed by atoms with E-state index in [0.717, 1.165) is 0 Å². The molecule has 0 aliphatic heterocycles. The summed E-state index contributed by atoms with van der Waals surface area (Å²) in [5.41, 5.74) is 0. The van der Waals surface area contributed by atoms with Crippen LogP contribution in [0.3, 0.4) is 0 Å². The lowest BCUT2D eigenvalue weighted by Gasteiger charge is -2.26. The molecular formula is C15H25NO3. The van der Waals surface area contributed by atoms with Gasteiger partial charge in [0.25, 0.3) is 0 Å². The zero-order valence-electron chi connectivity index (χ0n) is 12.2. The van der Waals surface area contributed by atoms with Crippen molar-refractivity contribution in [3.8, 4) is 0 Å². The van der Waals surface area contributed by atoms with E-state index in [4.69, 9.17) is 4.74 Å². The predicted molar refractivity (Wildman–Crippen MR) is 72.4 cm³/mol. The van der Waals surface area contributed by atoms with Crippen molar-refractivity contribution >= 4 is 11.9 Å². The van der Waals surface area contributed by atoms with Gasteiger partial charge in [0.05, 0.1) is 6.61 Å². The predicted octanol–water partition coefficient (Wildman–Crippen LogP) is 2.22. The molecule has 0 bridgehead atoms. The van der Waals surface area contributed by atoms with Crippen molar-refractivity contribution in [1.82, 2.24) is 4.90 Å². The van der Waals surface area contributed by atoms with Crippen LogP contribution in [-0.2, 0) is 14.3 Å². The van der Waals surface area contributed by atoms with Gasteiger partial charge in [-0.15, -0.1) is 0 Å². The van der Waals surface area contributed by atoms with Gasteiger partial charge in [0.15, 0.2) is 0 Å². The molecule has 2 fully saturated rings. The van der Waals surface area contributed by atoms with E-state index in [0.29, 0.717) is 18.4 Å². The Morgan fingerprint density at radius 1 is 1.21 bits per heavy atom. The molecule has 0 heterocycles. The van der Waals surface area contributed by atoms with Crippen LogP contribution < -0.4 is 0 Å². The molecule has 0 aromatic heterocycles. The monoisotopic (exact) mass is 267 g/mol. The summed E-state index contributed by atoms with van der Waals surface area (Å²) in [6.45, 7) is 6.18. The van der Waals surface area contributed by atoms with Gasteiger partial charge < -0.3 is 9.64 Å². The van der Waals surface area contributed by atoms with Crippen molar-refractivity contribution in [2.75, 3.05) is 13.2 Å². The van der Waals surface area contributed by atoms with E-state index in [2.05, 4.69) is 0 Å². The molecule has 108 valence electrons. The minimum Gasteiger partial charge on any atom is -0.465 e. The molecule has 0 spiro atoms. The summed E-state index contributed by atoms with van der Waals surface area (Å²) < 4.78 is 4.96. The number of hydrogen-bond donors (Lipinski definition) is 0. The van der Waals surface area contributed by atoms with Crippen LogP contribution >= 0.6 is 0 Å². The molecule has 0 saturated heterocycles. The van der Waals surface area contributed by atoms with Gasteiger partial charge >= 0.3 is 5.97 Å². The fourth-order valence-corrected chi connectivity index (χ4v) is 3.41. The first-order valence-electron chi connectivity index (χ1n) is 7.52. The highest BCUT2D eigenvalue weighted by atomic mass is 16.5. The SMILES string of the molecule is CCOC(=O)CN(C(=O)C1C2CCCCC21)C(C)C. The Hall–Kier alpha value is -1.06. The molecule has 2 aliphatic rings. The highest BCUT2D eigenvalue weighted by molar-refractivity contribution is 5.86. The summed E-state index contributed by atoms with van der Waals surface area (Å²) in [6, 6.07) is 0.0551. The van der Waals surface area contributed by atoms with E-state index in [1.807, 2.05) is 13.8 Å². The Labute approximate surface area is 115 Å². The molecule has 4 heteroatoms. The van der Waals surface area contributed by atoms with E-state index < -0.39 is 0 Å². The number of hydrogen-bond acceptors (Lipinski definition) is 3. The molecule has 0 aromatic carbocycles. The summed E-state index contributed by atoms with van der Waals surface area (Å²) in [5.74, 6) is 1.22. The van der Waals surface area contributed by atoms with Gasteiger partial charge in [0, 0.05) is 12.0 Å². The lowest BCUT2D eigenvalue weighted by molar-refractivity contribution is -0.150. The standard InChI is InChI=1S/C15H25NO3/c1-4-19-13(17)9-16(10(2)3)15(18)14-11-7-5-6-8-12(11)14/h10-12,14H,4-9H2,1-3H3. The quantitative estimate of drug-likeness (QED) is 0.718. The summed E-state index contributed by atoms with van der Waals surface area (Å²) in [5, 5.41) is 0. The van der Waals surface area contributed by atoms with Gasteiger partial charge in [0.1, 0.15) is 6.54 Å². The van der Waals surface area contributed by atoms with Gasteiger partial charge in [0.2, 0.25) is 5.91 Å². The second kappa shape index (κ2) is 5.93. The first kappa shape index (κ1) is 14.4. The Morgan fingerprint density at radius 3 is 2.26 bits per heavy atom. The lowest BCUT2D eigenvalue weighted by Crippen LogP contribution is -2.42. The van der Waals surface area contributed by atoms with Crippen molar-refractivity contribution in [3.63, 3.8) is 0 Å². The Balaban J connectivity index is 1.95. The van der Waals surface area contributed by atoms with Crippen molar-refractivity contribution in [1.29, 1.82) is 0 Å². The molecule has 2 aliphatic carbocycles. The second-order valence-electron chi connectivity index (χ2n) is 6.00. The Morgan fingerprint density at radius 2 is 1.79 bits per heavy atom. The average molecular weight is 267 g/mol. The maximum Gasteiger partial charge on any atom is 0.325 e. The van der Waals surface area contributed by atoms with Gasteiger partial charge in [-0.1, -0.05) is 12.8 Å². The van der Waals surface area contributed by atoms with Crippen LogP contribution in [0.2, 0.25) is 0 Å². The highest BCUT2D eigenvalue weighted by Crippen LogP contribution is 2.56. The summed E-state index contributed by atoms with van der Waals surface area (Å²) in [4.78, 5) is 25.9. The fourth-order valence-electron chi connectivity index (χ4n) is 3.41. The number of ether oxygens (including phenoxy) is 1. The summed E-state index contributed by atoms with van der Waals surface area (Å²) in [7, 11) is 0. The molecule has 4 nitrogen and oxygen atoms in total. The normalized spacial score (nSPS) is 28.7. The highest BCUT2D eigenvalue weighted by Gasteiger charge is 2.56. The van der Waals surface area contributed by atoms with Crippen molar-refractivity contribution in [2.45, 2.75) is 52.5 Å². The number of amides is 1.